The fourth-order valence-corrected chi connectivity index (χ4v) is 2.08. The Balaban J connectivity index is 1.92. The quantitative estimate of drug-likeness (QED) is 0.882. The number of methoxy groups -OCH3 is 1. The molecule has 5 heteroatoms. The van der Waals surface area contributed by atoms with E-state index >= 15 is 0 Å². The summed E-state index contributed by atoms with van der Waals surface area (Å²) in [7, 11) is 1.59. The Kier molecular flexibility index (Phi) is 4.74. The Labute approximate surface area is 118 Å². The third-order valence-electron chi connectivity index (χ3n) is 3.11. The number of aromatic nitrogens is 2. The first kappa shape index (κ1) is 14.5. The molecule has 0 saturated carbocycles. The standard InChI is InChI=1S/C15H20FN3O/c1-11-7-18-19(9-11)10-12(2)17-8-13-6-14(16)4-5-15(13)20-3/h4-7,9,12,17H,8,10H2,1-3H3. The molecular formula is C15H20FN3O. The zero-order valence-corrected chi connectivity index (χ0v) is 12.1. The van der Waals surface area contributed by atoms with Crippen molar-refractivity contribution in [3.8, 4) is 5.75 Å². The topological polar surface area (TPSA) is 39.1 Å². The lowest BCUT2D eigenvalue weighted by Crippen LogP contribution is -2.30. The number of nitrogens with zero attached hydrogens (tertiary/aromatic N) is 2. The Bertz CT molecular complexity index is 568. The molecule has 2 rings (SSSR count). The van der Waals surface area contributed by atoms with Crippen molar-refractivity contribution >= 4 is 0 Å². The van der Waals surface area contributed by atoms with Crippen LogP contribution in [0.2, 0.25) is 0 Å². The Morgan fingerprint density at radius 3 is 2.90 bits per heavy atom. The van der Waals surface area contributed by atoms with Crippen molar-refractivity contribution < 1.29 is 9.13 Å². The number of aryl methyl sites for hydroxylation is 1. The number of rotatable bonds is 6. The average Bonchev–Trinajstić information content (AvgIpc) is 2.82. The second-order valence-corrected chi connectivity index (χ2v) is 4.98. The number of hydrogen-bond acceptors (Lipinski definition) is 3. The van der Waals surface area contributed by atoms with Gasteiger partial charge in [0.15, 0.2) is 0 Å². The highest BCUT2D eigenvalue weighted by Gasteiger charge is 2.08. The SMILES string of the molecule is COc1ccc(F)cc1CNC(C)Cn1cc(C)cn1. The van der Waals surface area contributed by atoms with Crippen molar-refractivity contribution in [3.63, 3.8) is 0 Å². The summed E-state index contributed by atoms with van der Waals surface area (Å²) in [6.45, 7) is 5.41. The zero-order valence-electron chi connectivity index (χ0n) is 12.1. The van der Waals surface area contributed by atoms with Gasteiger partial charge in [0.25, 0.3) is 0 Å². The summed E-state index contributed by atoms with van der Waals surface area (Å²) in [6, 6.07) is 4.77. The highest BCUT2D eigenvalue weighted by molar-refractivity contribution is 5.33. The van der Waals surface area contributed by atoms with Crippen LogP contribution in [0.3, 0.4) is 0 Å². The number of halogens is 1. The lowest BCUT2D eigenvalue weighted by atomic mass is 10.2. The maximum absolute atomic E-state index is 13.3. The van der Waals surface area contributed by atoms with E-state index in [1.165, 1.54) is 12.1 Å². The largest absolute Gasteiger partial charge is 0.496 e. The van der Waals surface area contributed by atoms with Crippen LogP contribution in [0.5, 0.6) is 5.75 Å². The van der Waals surface area contributed by atoms with Gasteiger partial charge in [0.1, 0.15) is 11.6 Å². The van der Waals surface area contributed by atoms with E-state index in [2.05, 4.69) is 17.3 Å². The average molecular weight is 277 g/mol. The third-order valence-corrected chi connectivity index (χ3v) is 3.11. The van der Waals surface area contributed by atoms with Gasteiger partial charge < -0.3 is 10.1 Å². The molecule has 0 radical (unpaired) electrons. The van der Waals surface area contributed by atoms with Gasteiger partial charge in [-0.25, -0.2) is 4.39 Å². The fourth-order valence-electron chi connectivity index (χ4n) is 2.08. The summed E-state index contributed by atoms with van der Waals surface area (Å²) in [5, 5.41) is 7.60. The Hall–Kier alpha value is -1.88. The predicted molar refractivity (Wildman–Crippen MR) is 76.2 cm³/mol. The lowest BCUT2D eigenvalue weighted by Gasteiger charge is -2.15. The summed E-state index contributed by atoms with van der Waals surface area (Å²) >= 11 is 0. The van der Waals surface area contributed by atoms with Crippen molar-refractivity contribution in [2.75, 3.05) is 7.11 Å². The molecule has 1 aromatic carbocycles. The van der Waals surface area contributed by atoms with Gasteiger partial charge in [-0.05, 0) is 37.6 Å². The van der Waals surface area contributed by atoms with Crippen LogP contribution in [0.25, 0.3) is 0 Å². The smallest absolute Gasteiger partial charge is 0.123 e. The van der Waals surface area contributed by atoms with Gasteiger partial charge in [-0.1, -0.05) is 0 Å². The van der Waals surface area contributed by atoms with Crippen molar-refractivity contribution in [2.24, 2.45) is 0 Å². The number of nitrogens with one attached hydrogen (secondary N) is 1. The molecular weight excluding hydrogens is 257 g/mol. The van der Waals surface area contributed by atoms with Crippen molar-refractivity contribution in [1.82, 2.24) is 15.1 Å². The second kappa shape index (κ2) is 6.52. The number of hydrogen-bond donors (Lipinski definition) is 1. The van der Waals surface area contributed by atoms with E-state index in [1.807, 2.05) is 24.0 Å². The molecule has 0 spiro atoms. The predicted octanol–water partition coefficient (Wildman–Crippen LogP) is 2.52. The summed E-state index contributed by atoms with van der Waals surface area (Å²) in [5.41, 5.74) is 1.96. The van der Waals surface area contributed by atoms with Gasteiger partial charge in [0.05, 0.1) is 19.9 Å². The molecule has 2 aromatic rings. The van der Waals surface area contributed by atoms with Crippen LogP contribution < -0.4 is 10.1 Å². The van der Waals surface area contributed by atoms with E-state index in [9.17, 15) is 4.39 Å². The van der Waals surface area contributed by atoms with E-state index < -0.39 is 0 Å². The molecule has 20 heavy (non-hydrogen) atoms. The van der Waals surface area contributed by atoms with Gasteiger partial charge >= 0.3 is 0 Å². The van der Waals surface area contributed by atoms with Crippen LogP contribution in [0.4, 0.5) is 4.39 Å². The molecule has 0 bridgehead atoms. The molecule has 1 N–H and O–H groups in total. The van der Waals surface area contributed by atoms with E-state index in [4.69, 9.17) is 4.74 Å². The first-order valence-corrected chi connectivity index (χ1v) is 6.63. The number of ether oxygens (including phenoxy) is 1. The van der Waals surface area contributed by atoms with Gasteiger partial charge in [-0.15, -0.1) is 0 Å². The van der Waals surface area contributed by atoms with Crippen LogP contribution >= 0.6 is 0 Å². The van der Waals surface area contributed by atoms with E-state index in [1.54, 1.807) is 13.2 Å². The van der Waals surface area contributed by atoms with Crippen LogP contribution in [0, 0.1) is 12.7 Å². The van der Waals surface area contributed by atoms with Crippen molar-refractivity contribution in [1.29, 1.82) is 0 Å². The molecule has 1 unspecified atom stereocenters. The lowest BCUT2D eigenvalue weighted by molar-refractivity contribution is 0.399. The molecule has 1 atom stereocenters. The second-order valence-electron chi connectivity index (χ2n) is 4.98. The summed E-state index contributed by atoms with van der Waals surface area (Å²) in [4.78, 5) is 0. The molecule has 0 aliphatic carbocycles. The highest BCUT2D eigenvalue weighted by atomic mass is 19.1. The van der Waals surface area contributed by atoms with E-state index in [0.29, 0.717) is 12.3 Å². The van der Waals surface area contributed by atoms with Gasteiger partial charge in [0, 0.05) is 24.3 Å². The minimum Gasteiger partial charge on any atom is -0.496 e. The maximum Gasteiger partial charge on any atom is 0.123 e. The van der Waals surface area contributed by atoms with Crippen LogP contribution in [0.1, 0.15) is 18.1 Å². The van der Waals surface area contributed by atoms with Crippen molar-refractivity contribution in [2.45, 2.75) is 33.0 Å². The molecule has 1 aromatic heterocycles. The first-order chi connectivity index (χ1) is 9.58. The minimum atomic E-state index is -0.252. The molecule has 1 heterocycles. The van der Waals surface area contributed by atoms with Gasteiger partial charge in [-0.2, -0.15) is 5.10 Å². The summed E-state index contributed by atoms with van der Waals surface area (Å²) in [6.07, 6.45) is 3.84. The Morgan fingerprint density at radius 2 is 2.25 bits per heavy atom. The van der Waals surface area contributed by atoms with Gasteiger partial charge in [0.2, 0.25) is 0 Å². The third kappa shape index (κ3) is 3.81. The van der Waals surface area contributed by atoms with Crippen molar-refractivity contribution in [3.05, 3.63) is 47.5 Å². The maximum atomic E-state index is 13.3. The molecule has 0 aliphatic rings. The number of benzene rings is 1. The molecule has 108 valence electrons. The molecule has 0 amide bonds. The van der Waals surface area contributed by atoms with Gasteiger partial charge in [-0.3, -0.25) is 4.68 Å². The first-order valence-electron chi connectivity index (χ1n) is 6.63. The summed E-state index contributed by atoms with van der Waals surface area (Å²) < 4.78 is 20.4. The van der Waals surface area contributed by atoms with E-state index in [0.717, 1.165) is 17.7 Å². The minimum absolute atomic E-state index is 0.224. The molecule has 4 nitrogen and oxygen atoms in total. The normalized spacial score (nSPS) is 12.4. The molecule has 0 saturated heterocycles. The fraction of sp³-hybridized carbons (Fsp3) is 0.400. The van der Waals surface area contributed by atoms with Crippen LogP contribution in [-0.4, -0.2) is 22.9 Å². The van der Waals surface area contributed by atoms with Crippen LogP contribution in [-0.2, 0) is 13.1 Å². The summed E-state index contributed by atoms with van der Waals surface area (Å²) in [5.74, 6) is 0.444. The Morgan fingerprint density at radius 1 is 1.45 bits per heavy atom. The molecule has 0 fully saturated rings. The van der Waals surface area contributed by atoms with E-state index in [-0.39, 0.29) is 11.9 Å². The highest BCUT2D eigenvalue weighted by Crippen LogP contribution is 2.19. The molecule has 0 aliphatic heterocycles. The zero-order chi connectivity index (χ0) is 14.5. The monoisotopic (exact) mass is 277 g/mol. The van der Waals surface area contributed by atoms with Crippen LogP contribution in [0.15, 0.2) is 30.6 Å².